The minimum atomic E-state index is -4.10. The summed E-state index contributed by atoms with van der Waals surface area (Å²) in [7, 11) is -3.36. The van der Waals surface area contributed by atoms with Crippen molar-refractivity contribution in [3.8, 4) is 0 Å². The summed E-state index contributed by atoms with van der Waals surface area (Å²) in [5.41, 5.74) is 0.664. The van der Waals surface area contributed by atoms with Gasteiger partial charge in [-0.2, -0.15) is 8.42 Å². The first-order valence-electron chi connectivity index (χ1n) is 4.13. The van der Waals surface area contributed by atoms with Gasteiger partial charge in [-0.1, -0.05) is 23.4 Å². The molecule has 0 saturated carbocycles. The highest BCUT2D eigenvalue weighted by molar-refractivity contribution is 7.85. The normalized spacial score (nSPS) is 11.5. The van der Waals surface area contributed by atoms with Gasteiger partial charge in [-0.3, -0.25) is 4.55 Å². The third kappa shape index (κ3) is 2.31. The highest BCUT2D eigenvalue weighted by Crippen LogP contribution is 2.13. The Kier molecular flexibility index (Phi) is 3.25. The molecule has 1 N–H and O–H groups in total. The van der Waals surface area contributed by atoms with Gasteiger partial charge < -0.3 is 0 Å². The minimum Gasteiger partial charge on any atom is -0.282 e. The van der Waals surface area contributed by atoms with Crippen LogP contribution in [0.25, 0.3) is 0 Å². The molecule has 0 unspecified atom stereocenters. The lowest BCUT2D eigenvalue weighted by Gasteiger charge is -2.07. The summed E-state index contributed by atoms with van der Waals surface area (Å²) in [6.45, 7) is 3.56. The van der Waals surface area contributed by atoms with E-state index >= 15 is 0 Å². The van der Waals surface area contributed by atoms with E-state index in [4.69, 9.17) is 4.55 Å². The minimum absolute atomic E-state index is 0.00454. The van der Waals surface area contributed by atoms with Crippen LogP contribution in [0, 0.1) is 0 Å². The summed E-state index contributed by atoms with van der Waals surface area (Å²) in [5.74, 6) is 0. The van der Waals surface area contributed by atoms with Crippen LogP contribution in [0.5, 0.6) is 0 Å². The van der Waals surface area contributed by atoms with Crippen LogP contribution in [0.3, 0.4) is 0 Å². The maximum atomic E-state index is 11.0. The van der Waals surface area contributed by atoms with E-state index in [2.05, 4.69) is 6.58 Å². The van der Waals surface area contributed by atoms with Crippen LogP contribution in [0.4, 0.5) is 0 Å². The van der Waals surface area contributed by atoms with Gasteiger partial charge in [0.15, 0.2) is 0 Å². The summed E-state index contributed by atoms with van der Waals surface area (Å²) in [6, 6.07) is 4.91. The van der Waals surface area contributed by atoms with E-state index in [1.54, 1.807) is 12.1 Å². The average Bonchev–Trinajstić information content (AvgIpc) is 2.07. The lowest BCUT2D eigenvalue weighted by molar-refractivity contribution is 0.482. The molecule has 14 heavy (non-hydrogen) atoms. The van der Waals surface area contributed by atoms with Gasteiger partial charge in [-0.05, 0) is 18.1 Å². The van der Waals surface area contributed by atoms with E-state index in [1.165, 1.54) is 6.07 Å². The van der Waals surface area contributed by atoms with Crippen LogP contribution >= 0.6 is 0 Å². The van der Waals surface area contributed by atoms with Crippen LogP contribution in [-0.4, -0.2) is 23.2 Å². The quantitative estimate of drug-likeness (QED) is 0.437. The topological polar surface area (TPSA) is 54.4 Å². The Morgan fingerprint density at radius 3 is 2.64 bits per heavy atom. The maximum absolute atomic E-state index is 11.0. The van der Waals surface area contributed by atoms with E-state index in [0.717, 1.165) is 15.4 Å². The number of hydrogen-bond acceptors (Lipinski definition) is 2. The van der Waals surface area contributed by atoms with E-state index in [0.29, 0.717) is 12.0 Å². The van der Waals surface area contributed by atoms with Crippen molar-refractivity contribution in [1.29, 1.82) is 0 Å². The van der Waals surface area contributed by atoms with Crippen molar-refractivity contribution in [3.05, 3.63) is 36.4 Å². The molecule has 0 bridgehead atoms. The van der Waals surface area contributed by atoms with Crippen molar-refractivity contribution < 1.29 is 13.0 Å². The maximum Gasteiger partial charge on any atom is 0.294 e. The second-order valence-corrected chi connectivity index (χ2v) is 5.49. The molecule has 0 radical (unpaired) electrons. The molecule has 0 aliphatic rings. The molecule has 5 heteroatoms. The van der Waals surface area contributed by atoms with Crippen molar-refractivity contribution in [2.75, 3.05) is 0 Å². The fourth-order valence-corrected chi connectivity index (χ4v) is 2.98. The molecule has 0 aromatic heterocycles. The Hall–Kier alpha value is -0.913. The first-order valence-corrected chi connectivity index (χ1v) is 6.57. The first-order chi connectivity index (χ1) is 6.46. The van der Waals surface area contributed by atoms with Crippen LogP contribution < -0.4 is 5.19 Å². The molecule has 1 aromatic carbocycles. The summed E-state index contributed by atoms with van der Waals surface area (Å²) in [5, 5.41) is 0.972. The summed E-state index contributed by atoms with van der Waals surface area (Å²) in [6.07, 6.45) is 2.10. The van der Waals surface area contributed by atoms with Crippen molar-refractivity contribution in [2.24, 2.45) is 0 Å². The van der Waals surface area contributed by atoms with Gasteiger partial charge in [0, 0.05) is 10.2 Å². The van der Waals surface area contributed by atoms with Crippen LogP contribution in [-0.2, 0) is 16.5 Å². The molecule has 0 saturated heterocycles. The van der Waals surface area contributed by atoms with Gasteiger partial charge in [0.25, 0.3) is 10.1 Å². The number of hydrogen-bond donors (Lipinski definition) is 1. The van der Waals surface area contributed by atoms with Crippen molar-refractivity contribution in [1.82, 2.24) is 0 Å². The fraction of sp³-hybridized carbons (Fsp3) is 0.111. The Bertz CT molecular complexity index is 451. The predicted octanol–water partition coefficient (Wildman–Crippen LogP) is -0.347. The number of benzene rings is 1. The zero-order valence-electron chi connectivity index (χ0n) is 7.90. The van der Waals surface area contributed by atoms with E-state index in [9.17, 15) is 8.42 Å². The summed E-state index contributed by atoms with van der Waals surface area (Å²) < 4.78 is 31.0. The molecule has 1 rings (SSSR count). The van der Waals surface area contributed by atoms with Crippen LogP contribution in [0.1, 0.15) is 5.56 Å². The molecule has 76 valence electrons. The summed E-state index contributed by atoms with van der Waals surface area (Å²) >= 11 is 0. The van der Waals surface area contributed by atoms with E-state index in [1.807, 2.05) is 6.07 Å². The third-order valence-corrected chi connectivity index (χ3v) is 3.87. The van der Waals surface area contributed by atoms with E-state index in [-0.39, 0.29) is 4.90 Å². The van der Waals surface area contributed by atoms with Crippen LogP contribution in [0.15, 0.2) is 35.7 Å². The molecule has 0 fully saturated rings. The highest BCUT2D eigenvalue weighted by atomic mass is 32.2. The molecule has 0 heterocycles. The molecular weight excluding hydrogens is 216 g/mol. The Morgan fingerprint density at radius 1 is 1.50 bits per heavy atom. The SMILES string of the molecule is C=CCc1c([SiH3])cccc1S(=O)(=O)O. The third-order valence-electron chi connectivity index (χ3n) is 1.99. The number of rotatable bonds is 3. The smallest absolute Gasteiger partial charge is 0.282 e. The first kappa shape index (κ1) is 11.2. The lowest BCUT2D eigenvalue weighted by Crippen LogP contribution is -2.15. The van der Waals surface area contributed by atoms with Crippen molar-refractivity contribution in [2.45, 2.75) is 11.3 Å². The standard InChI is InChI=1S/C9H12O3SSi/c1-2-4-7-8(13(10,11)12)5-3-6-9(7)14/h2-3,5-6H,1,4H2,14H3,(H,10,11,12). The molecule has 0 aliphatic carbocycles. The predicted molar refractivity (Wildman–Crippen MR) is 59.7 cm³/mol. The fourth-order valence-electron chi connectivity index (χ4n) is 1.32. The monoisotopic (exact) mass is 228 g/mol. The highest BCUT2D eigenvalue weighted by Gasteiger charge is 2.15. The molecular formula is C9H12O3SSi. The Balaban J connectivity index is 3.43. The Morgan fingerprint density at radius 2 is 2.14 bits per heavy atom. The molecule has 0 amide bonds. The summed E-state index contributed by atoms with van der Waals surface area (Å²) in [4.78, 5) is 0.00454. The molecule has 0 atom stereocenters. The second-order valence-electron chi connectivity index (χ2n) is 3.02. The molecule has 3 nitrogen and oxygen atoms in total. The Labute approximate surface area is 86.6 Å². The largest absolute Gasteiger partial charge is 0.294 e. The van der Waals surface area contributed by atoms with Gasteiger partial charge in [-0.15, -0.1) is 6.58 Å². The van der Waals surface area contributed by atoms with E-state index < -0.39 is 10.1 Å². The van der Waals surface area contributed by atoms with Crippen LogP contribution in [0.2, 0.25) is 0 Å². The zero-order valence-corrected chi connectivity index (χ0v) is 10.7. The van der Waals surface area contributed by atoms with Crippen molar-refractivity contribution >= 4 is 25.5 Å². The van der Waals surface area contributed by atoms with Crippen molar-refractivity contribution in [3.63, 3.8) is 0 Å². The van der Waals surface area contributed by atoms with Gasteiger partial charge in [0.1, 0.15) is 0 Å². The zero-order chi connectivity index (χ0) is 10.8. The molecule has 0 spiro atoms. The molecule has 0 aliphatic heterocycles. The van der Waals surface area contributed by atoms with Gasteiger partial charge in [-0.25, -0.2) is 0 Å². The lowest BCUT2D eigenvalue weighted by atomic mass is 10.1. The molecule has 1 aromatic rings. The average molecular weight is 228 g/mol. The van der Waals surface area contributed by atoms with Gasteiger partial charge in [0.2, 0.25) is 0 Å². The number of allylic oxidation sites excluding steroid dienone is 1. The van der Waals surface area contributed by atoms with Gasteiger partial charge in [0.05, 0.1) is 4.90 Å². The second kappa shape index (κ2) is 4.08. The van der Waals surface area contributed by atoms with Gasteiger partial charge >= 0.3 is 0 Å².